The first-order chi connectivity index (χ1) is 16.0. The molecule has 0 aliphatic carbocycles. The first kappa shape index (κ1) is 21.4. The van der Waals surface area contributed by atoms with E-state index in [0.717, 1.165) is 28.6 Å². The number of benzene rings is 1. The second-order valence-corrected chi connectivity index (χ2v) is 10.7. The SMILES string of the molecule is O=C(Cc1ccc(NS(=O)(=O)c2cccs2)cc1)N1CC=C(c2c[nH]c3ncccc23)CC1. The van der Waals surface area contributed by atoms with Gasteiger partial charge in [-0.05, 0) is 53.3 Å². The van der Waals surface area contributed by atoms with Gasteiger partial charge in [-0.1, -0.05) is 24.3 Å². The van der Waals surface area contributed by atoms with Crippen molar-refractivity contribution in [2.45, 2.75) is 17.1 Å². The summed E-state index contributed by atoms with van der Waals surface area (Å²) in [6.07, 6.45) is 6.92. The van der Waals surface area contributed by atoms with Crippen molar-refractivity contribution in [1.29, 1.82) is 0 Å². The summed E-state index contributed by atoms with van der Waals surface area (Å²) in [5.74, 6) is 0.0535. The number of hydrogen-bond donors (Lipinski definition) is 2. The van der Waals surface area contributed by atoms with E-state index in [-0.39, 0.29) is 16.5 Å². The number of pyridine rings is 1. The van der Waals surface area contributed by atoms with Gasteiger partial charge in [0.2, 0.25) is 5.91 Å². The number of aromatic amines is 1. The summed E-state index contributed by atoms with van der Waals surface area (Å²) in [6.45, 7) is 1.23. The highest BCUT2D eigenvalue weighted by atomic mass is 32.2. The van der Waals surface area contributed by atoms with Crippen molar-refractivity contribution >= 4 is 49.6 Å². The molecule has 0 unspecified atom stereocenters. The molecular formula is C24H22N4O3S2. The number of nitrogens with one attached hydrogen (secondary N) is 2. The van der Waals surface area contributed by atoms with Crippen LogP contribution in [-0.4, -0.2) is 42.3 Å². The zero-order chi connectivity index (χ0) is 22.8. The summed E-state index contributed by atoms with van der Waals surface area (Å²) < 4.78 is 27.5. The van der Waals surface area contributed by atoms with Gasteiger partial charge in [0.1, 0.15) is 9.86 Å². The lowest BCUT2D eigenvalue weighted by molar-refractivity contribution is -0.130. The highest BCUT2D eigenvalue weighted by Crippen LogP contribution is 2.28. The Bertz CT molecular complexity index is 1420. The number of carbonyl (C=O) groups is 1. The summed E-state index contributed by atoms with van der Waals surface area (Å²) >= 11 is 1.17. The topological polar surface area (TPSA) is 95.2 Å². The molecule has 0 saturated carbocycles. The Morgan fingerprint density at radius 2 is 2.00 bits per heavy atom. The number of fused-ring (bicyclic) bond motifs is 1. The third-order valence-electron chi connectivity index (χ3n) is 5.68. The Labute approximate surface area is 195 Å². The van der Waals surface area contributed by atoms with Crippen LogP contribution in [0.3, 0.4) is 0 Å². The molecule has 1 aliphatic heterocycles. The van der Waals surface area contributed by atoms with Crippen LogP contribution in [0.5, 0.6) is 0 Å². The lowest BCUT2D eigenvalue weighted by atomic mass is 9.99. The number of carbonyl (C=O) groups excluding carboxylic acids is 1. The van der Waals surface area contributed by atoms with Gasteiger partial charge in [0, 0.05) is 42.1 Å². The zero-order valence-corrected chi connectivity index (χ0v) is 19.3. The number of amides is 1. The standard InChI is InChI=1S/C24H22N4O3S2/c29-22(15-17-5-7-19(8-6-17)27-33(30,31)23-4-2-14-32-23)28-12-9-18(10-13-28)21-16-26-24-20(21)3-1-11-25-24/h1-9,11,14,16,27H,10,12-13,15H2,(H,25,26). The molecule has 1 amide bonds. The molecule has 0 radical (unpaired) electrons. The van der Waals surface area contributed by atoms with E-state index >= 15 is 0 Å². The first-order valence-electron chi connectivity index (χ1n) is 10.5. The number of rotatable bonds is 6. The van der Waals surface area contributed by atoms with Gasteiger partial charge >= 0.3 is 0 Å². The molecule has 2 N–H and O–H groups in total. The predicted octanol–water partition coefficient (Wildman–Crippen LogP) is 4.28. The van der Waals surface area contributed by atoms with E-state index in [1.165, 1.54) is 16.9 Å². The Balaban J connectivity index is 1.21. The maximum atomic E-state index is 12.8. The highest BCUT2D eigenvalue weighted by Gasteiger charge is 2.20. The number of nitrogens with zero attached hydrogens (tertiary/aromatic N) is 2. The molecule has 4 heterocycles. The van der Waals surface area contributed by atoms with Gasteiger partial charge in [0.25, 0.3) is 10.0 Å². The molecule has 5 rings (SSSR count). The highest BCUT2D eigenvalue weighted by molar-refractivity contribution is 7.94. The van der Waals surface area contributed by atoms with E-state index in [0.29, 0.717) is 18.8 Å². The molecule has 0 atom stereocenters. The Morgan fingerprint density at radius 3 is 2.73 bits per heavy atom. The van der Waals surface area contributed by atoms with Crippen LogP contribution in [0.1, 0.15) is 17.5 Å². The summed E-state index contributed by atoms with van der Waals surface area (Å²) in [5.41, 5.74) is 4.55. The molecular weight excluding hydrogens is 456 g/mol. The van der Waals surface area contributed by atoms with Gasteiger partial charge in [-0.3, -0.25) is 9.52 Å². The van der Waals surface area contributed by atoms with E-state index in [9.17, 15) is 13.2 Å². The van der Waals surface area contributed by atoms with Crippen molar-refractivity contribution in [2.75, 3.05) is 17.8 Å². The number of aromatic nitrogens is 2. The van der Waals surface area contributed by atoms with Gasteiger partial charge < -0.3 is 9.88 Å². The monoisotopic (exact) mass is 478 g/mol. The zero-order valence-electron chi connectivity index (χ0n) is 17.7. The maximum Gasteiger partial charge on any atom is 0.271 e. The van der Waals surface area contributed by atoms with Crippen LogP contribution in [-0.2, 0) is 21.2 Å². The van der Waals surface area contributed by atoms with Gasteiger partial charge in [0.05, 0.1) is 6.42 Å². The van der Waals surface area contributed by atoms with Gasteiger partial charge in [-0.25, -0.2) is 13.4 Å². The van der Waals surface area contributed by atoms with Crippen molar-refractivity contribution in [2.24, 2.45) is 0 Å². The lowest BCUT2D eigenvalue weighted by Gasteiger charge is -2.26. The Morgan fingerprint density at radius 1 is 1.15 bits per heavy atom. The molecule has 0 saturated heterocycles. The van der Waals surface area contributed by atoms with Crippen LogP contribution in [0, 0.1) is 0 Å². The van der Waals surface area contributed by atoms with Gasteiger partial charge in [-0.15, -0.1) is 11.3 Å². The van der Waals surface area contributed by atoms with Crippen LogP contribution < -0.4 is 4.72 Å². The second-order valence-electron chi connectivity index (χ2n) is 7.83. The molecule has 9 heteroatoms. The minimum atomic E-state index is -3.58. The molecule has 0 bridgehead atoms. The summed E-state index contributed by atoms with van der Waals surface area (Å²) in [5, 5.41) is 2.82. The maximum absolute atomic E-state index is 12.8. The fraction of sp³-hybridized carbons (Fsp3) is 0.167. The average molecular weight is 479 g/mol. The first-order valence-corrected chi connectivity index (χ1v) is 12.9. The van der Waals surface area contributed by atoms with E-state index in [1.54, 1.807) is 48.0 Å². The number of H-pyrrole nitrogens is 1. The summed E-state index contributed by atoms with van der Waals surface area (Å²) in [4.78, 5) is 22.2. The average Bonchev–Trinajstić information content (AvgIpc) is 3.51. The third-order valence-corrected chi connectivity index (χ3v) is 8.46. The van der Waals surface area contributed by atoms with Crippen molar-refractivity contribution in [3.05, 3.63) is 83.5 Å². The number of anilines is 1. The predicted molar refractivity (Wildman–Crippen MR) is 131 cm³/mol. The fourth-order valence-corrected chi connectivity index (χ4v) is 6.01. The number of hydrogen-bond acceptors (Lipinski definition) is 5. The van der Waals surface area contributed by atoms with Crippen LogP contribution >= 0.6 is 11.3 Å². The van der Waals surface area contributed by atoms with Crippen LogP contribution in [0.25, 0.3) is 16.6 Å². The Kier molecular flexibility index (Phi) is 5.74. The molecule has 0 spiro atoms. The lowest BCUT2D eigenvalue weighted by Crippen LogP contribution is -2.35. The van der Waals surface area contributed by atoms with Crippen molar-refractivity contribution in [3.63, 3.8) is 0 Å². The minimum absolute atomic E-state index is 0.0535. The fourth-order valence-electron chi connectivity index (χ4n) is 3.96. The molecule has 0 fully saturated rings. The molecule has 3 aromatic heterocycles. The van der Waals surface area contributed by atoms with E-state index in [4.69, 9.17) is 0 Å². The summed E-state index contributed by atoms with van der Waals surface area (Å²) in [6, 6.07) is 14.2. The van der Waals surface area contributed by atoms with Crippen LogP contribution in [0.2, 0.25) is 0 Å². The molecule has 4 aromatic rings. The van der Waals surface area contributed by atoms with Crippen molar-refractivity contribution < 1.29 is 13.2 Å². The Hall–Kier alpha value is -3.43. The number of thiophene rings is 1. The normalized spacial score (nSPS) is 14.3. The van der Waals surface area contributed by atoms with E-state index in [2.05, 4.69) is 26.8 Å². The van der Waals surface area contributed by atoms with Crippen molar-refractivity contribution in [1.82, 2.24) is 14.9 Å². The second kappa shape index (κ2) is 8.84. The van der Waals surface area contributed by atoms with E-state index < -0.39 is 10.0 Å². The summed E-state index contributed by atoms with van der Waals surface area (Å²) in [7, 11) is -3.58. The smallest absolute Gasteiger partial charge is 0.271 e. The third kappa shape index (κ3) is 4.55. The van der Waals surface area contributed by atoms with E-state index in [1.807, 2.05) is 17.2 Å². The molecule has 7 nitrogen and oxygen atoms in total. The van der Waals surface area contributed by atoms with Crippen LogP contribution in [0.15, 0.2) is 76.6 Å². The molecule has 1 aliphatic rings. The number of sulfonamides is 1. The molecule has 1 aromatic carbocycles. The largest absolute Gasteiger partial charge is 0.346 e. The minimum Gasteiger partial charge on any atom is -0.346 e. The van der Waals surface area contributed by atoms with Crippen molar-refractivity contribution in [3.8, 4) is 0 Å². The quantitative estimate of drug-likeness (QED) is 0.432. The van der Waals surface area contributed by atoms with Gasteiger partial charge in [0.15, 0.2) is 0 Å². The molecule has 33 heavy (non-hydrogen) atoms. The molecule has 168 valence electrons. The van der Waals surface area contributed by atoms with Gasteiger partial charge in [-0.2, -0.15) is 0 Å². The van der Waals surface area contributed by atoms with Crippen LogP contribution in [0.4, 0.5) is 5.69 Å².